The summed E-state index contributed by atoms with van der Waals surface area (Å²) in [7, 11) is 0. The van der Waals surface area contributed by atoms with Crippen molar-refractivity contribution in [3.63, 3.8) is 0 Å². The van der Waals surface area contributed by atoms with Crippen molar-refractivity contribution < 1.29 is 14.7 Å². The monoisotopic (exact) mass is 450 g/mol. The predicted molar refractivity (Wildman–Crippen MR) is 97.0 cm³/mol. The summed E-state index contributed by atoms with van der Waals surface area (Å²) < 4.78 is 1.45. The van der Waals surface area contributed by atoms with E-state index >= 15 is 0 Å². The topological polar surface area (TPSA) is 69.6 Å². The summed E-state index contributed by atoms with van der Waals surface area (Å²) in [6, 6.07) is 11.8. The van der Waals surface area contributed by atoms with E-state index in [1.807, 2.05) is 24.3 Å². The zero-order valence-corrected chi connectivity index (χ0v) is 15.5. The normalized spacial score (nSPS) is 15.9. The molecule has 0 spiro atoms. The molecule has 5 nitrogen and oxygen atoms in total. The average Bonchev–Trinajstić information content (AvgIpc) is 2.80. The van der Waals surface area contributed by atoms with Crippen molar-refractivity contribution in [2.24, 2.45) is 0 Å². The number of amides is 3. The first-order valence-electron chi connectivity index (χ1n) is 7.01. The first-order chi connectivity index (χ1) is 11.4. The van der Waals surface area contributed by atoms with E-state index in [1.165, 1.54) is 6.07 Å². The molecule has 1 saturated heterocycles. The minimum atomic E-state index is -0.452. The molecule has 0 saturated carbocycles. The van der Waals surface area contributed by atoms with Crippen molar-refractivity contribution in [1.29, 1.82) is 0 Å². The second kappa shape index (κ2) is 6.78. The van der Waals surface area contributed by atoms with Crippen LogP contribution in [-0.4, -0.2) is 21.9 Å². The quantitative estimate of drug-likeness (QED) is 0.547. The zero-order valence-electron chi connectivity index (χ0n) is 12.3. The van der Waals surface area contributed by atoms with Crippen molar-refractivity contribution in [2.75, 3.05) is 0 Å². The number of phenolic OH excluding ortho intramolecular Hbond substituents is 1. The number of benzene rings is 2. The van der Waals surface area contributed by atoms with Crippen LogP contribution in [0.3, 0.4) is 0 Å². The number of imide groups is 1. The van der Waals surface area contributed by atoms with Crippen LogP contribution in [0.15, 0.2) is 57.1 Å². The smallest absolute Gasteiger partial charge is 0.329 e. The maximum Gasteiger partial charge on any atom is 0.329 e. The maximum absolute atomic E-state index is 12.4. The third kappa shape index (κ3) is 3.52. The van der Waals surface area contributed by atoms with E-state index in [0.717, 1.165) is 14.9 Å². The summed E-state index contributed by atoms with van der Waals surface area (Å²) in [6.07, 6.45) is 1.58. The number of phenols is 1. The molecule has 0 bridgehead atoms. The van der Waals surface area contributed by atoms with Gasteiger partial charge in [0.15, 0.2) is 0 Å². The molecule has 1 aliphatic heterocycles. The molecule has 7 heteroatoms. The van der Waals surface area contributed by atoms with E-state index in [1.54, 1.807) is 18.2 Å². The summed E-state index contributed by atoms with van der Waals surface area (Å²) in [4.78, 5) is 25.7. The third-order valence-corrected chi connectivity index (χ3v) is 4.66. The van der Waals surface area contributed by atoms with Crippen molar-refractivity contribution in [3.8, 4) is 5.75 Å². The van der Waals surface area contributed by atoms with Gasteiger partial charge in [-0.15, -0.1) is 0 Å². The SMILES string of the molecule is O=C1NC(=Cc2ccc(O)c(Br)c2)C(=O)N1Cc1ccc(Br)cc1. The Kier molecular flexibility index (Phi) is 4.73. The van der Waals surface area contributed by atoms with Crippen molar-refractivity contribution in [3.05, 3.63) is 68.2 Å². The van der Waals surface area contributed by atoms with Crippen molar-refractivity contribution >= 4 is 49.9 Å². The van der Waals surface area contributed by atoms with Crippen LogP contribution in [0.5, 0.6) is 5.75 Å². The molecule has 3 amide bonds. The Bertz CT molecular complexity index is 847. The molecule has 24 heavy (non-hydrogen) atoms. The highest BCUT2D eigenvalue weighted by Crippen LogP contribution is 2.26. The van der Waals surface area contributed by atoms with Gasteiger partial charge in [-0.1, -0.05) is 34.1 Å². The fraction of sp³-hybridized carbons (Fsp3) is 0.0588. The molecule has 0 unspecified atom stereocenters. The van der Waals surface area contributed by atoms with Crippen LogP contribution >= 0.6 is 31.9 Å². The lowest BCUT2D eigenvalue weighted by atomic mass is 10.2. The average molecular weight is 452 g/mol. The van der Waals surface area contributed by atoms with E-state index in [0.29, 0.717) is 10.0 Å². The molecule has 2 aromatic carbocycles. The molecule has 0 atom stereocenters. The van der Waals surface area contributed by atoms with E-state index in [2.05, 4.69) is 37.2 Å². The summed E-state index contributed by atoms with van der Waals surface area (Å²) >= 11 is 6.57. The molecule has 0 aromatic heterocycles. The second-order valence-corrected chi connectivity index (χ2v) is 6.99. The number of nitrogens with zero attached hydrogens (tertiary/aromatic N) is 1. The van der Waals surface area contributed by atoms with Gasteiger partial charge in [0.2, 0.25) is 0 Å². The summed E-state index contributed by atoms with van der Waals surface area (Å²) in [5.74, 6) is -0.275. The van der Waals surface area contributed by atoms with E-state index in [-0.39, 0.29) is 23.9 Å². The number of carbonyl (C=O) groups is 2. The first-order valence-corrected chi connectivity index (χ1v) is 8.60. The van der Waals surface area contributed by atoms with Crippen LogP contribution in [0.4, 0.5) is 4.79 Å². The highest BCUT2D eigenvalue weighted by Gasteiger charge is 2.33. The molecular formula is C17H12Br2N2O3. The van der Waals surface area contributed by atoms with Crippen LogP contribution in [0.25, 0.3) is 6.08 Å². The molecule has 1 aliphatic rings. The van der Waals surface area contributed by atoms with Gasteiger partial charge in [0.05, 0.1) is 11.0 Å². The number of aromatic hydroxyl groups is 1. The van der Waals surface area contributed by atoms with E-state index in [9.17, 15) is 14.7 Å². The Labute approximate surface area is 155 Å². The third-order valence-electron chi connectivity index (χ3n) is 3.50. The van der Waals surface area contributed by atoms with Crippen molar-refractivity contribution in [1.82, 2.24) is 10.2 Å². The fourth-order valence-electron chi connectivity index (χ4n) is 2.27. The number of hydrogen-bond donors (Lipinski definition) is 2. The number of nitrogens with one attached hydrogen (secondary N) is 1. The Balaban J connectivity index is 1.81. The minimum absolute atomic E-state index is 0.107. The lowest BCUT2D eigenvalue weighted by molar-refractivity contribution is -0.123. The second-order valence-electron chi connectivity index (χ2n) is 5.22. The Hall–Kier alpha value is -2.12. The molecule has 2 N–H and O–H groups in total. The molecule has 0 radical (unpaired) electrons. The van der Waals surface area contributed by atoms with Crippen molar-refractivity contribution in [2.45, 2.75) is 6.54 Å². The van der Waals surface area contributed by atoms with E-state index in [4.69, 9.17) is 0 Å². The maximum atomic E-state index is 12.4. The van der Waals surface area contributed by atoms with Gasteiger partial charge in [0.1, 0.15) is 11.4 Å². The zero-order chi connectivity index (χ0) is 17.3. The predicted octanol–water partition coefficient (Wildman–Crippen LogP) is 4.01. The van der Waals surface area contributed by atoms with Gasteiger partial charge in [0, 0.05) is 4.47 Å². The van der Waals surface area contributed by atoms with Crippen LogP contribution in [0, 0.1) is 0 Å². The van der Waals surface area contributed by atoms with Gasteiger partial charge in [-0.05, 0) is 57.4 Å². The number of rotatable bonds is 3. The number of urea groups is 1. The molecular weight excluding hydrogens is 440 g/mol. The minimum Gasteiger partial charge on any atom is -0.507 e. The summed E-state index contributed by atoms with van der Waals surface area (Å²) in [5, 5.41) is 12.1. The summed E-state index contributed by atoms with van der Waals surface area (Å²) in [5.41, 5.74) is 1.75. The van der Waals surface area contributed by atoms with Gasteiger partial charge in [0.25, 0.3) is 5.91 Å². The van der Waals surface area contributed by atoms with Gasteiger partial charge < -0.3 is 10.4 Å². The lowest BCUT2D eigenvalue weighted by Crippen LogP contribution is -2.30. The molecule has 1 fully saturated rings. The molecule has 1 heterocycles. The molecule has 3 rings (SSSR count). The highest BCUT2D eigenvalue weighted by atomic mass is 79.9. The standard InChI is InChI=1S/C17H12Br2N2O3/c18-12-4-1-10(2-5-12)9-21-16(23)14(20-17(21)24)8-11-3-6-15(22)13(19)7-11/h1-8,22H,9H2,(H,20,24). The molecule has 122 valence electrons. The Morgan fingerprint density at radius 2 is 1.79 bits per heavy atom. The number of hydrogen-bond acceptors (Lipinski definition) is 3. The van der Waals surface area contributed by atoms with Gasteiger partial charge >= 0.3 is 6.03 Å². The number of carbonyl (C=O) groups excluding carboxylic acids is 2. The van der Waals surface area contributed by atoms with Gasteiger partial charge in [-0.3, -0.25) is 9.69 Å². The van der Waals surface area contributed by atoms with Crippen LogP contribution in [-0.2, 0) is 11.3 Å². The largest absolute Gasteiger partial charge is 0.507 e. The first kappa shape index (κ1) is 16.7. The fourth-order valence-corrected chi connectivity index (χ4v) is 2.93. The summed E-state index contributed by atoms with van der Waals surface area (Å²) in [6.45, 7) is 0.203. The Morgan fingerprint density at radius 3 is 2.46 bits per heavy atom. The highest BCUT2D eigenvalue weighted by molar-refractivity contribution is 9.10. The van der Waals surface area contributed by atoms with Crippen LogP contribution in [0.2, 0.25) is 0 Å². The van der Waals surface area contributed by atoms with Crippen LogP contribution in [0.1, 0.15) is 11.1 Å². The Morgan fingerprint density at radius 1 is 1.08 bits per heavy atom. The van der Waals surface area contributed by atoms with E-state index < -0.39 is 6.03 Å². The van der Waals surface area contributed by atoms with Crippen LogP contribution < -0.4 is 5.32 Å². The van der Waals surface area contributed by atoms with Gasteiger partial charge in [-0.25, -0.2) is 4.79 Å². The number of halogens is 2. The lowest BCUT2D eigenvalue weighted by Gasteiger charge is -2.11. The molecule has 0 aliphatic carbocycles. The molecule has 2 aromatic rings. The van der Waals surface area contributed by atoms with Gasteiger partial charge in [-0.2, -0.15) is 0 Å².